The molecule has 1 unspecified atom stereocenters. The van der Waals surface area contributed by atoms with Gasteiger partial charge in [-0.25, -0.2) is 9.18 Å². The smallest absolute Gasteiger partial charge is 0.335 e. The highest BCUT2D eigenvalue weighted by Crippen LogP contribution is 2.43. The Labute approximate surface area is 81.4 Å². The molecule has 0 aliphatic heterocycles. The van der Waals surface area contributed by atoms with Gasteiger partial charge in [-0.3, -0.25) is 0 Å². The molecular formula is C11H11FO2. The molecule has 0 spiro atoms. The zero-order valence-corrected chi connectivity index (χ0v) is 7.61. The highest BCUT2D eigenvalue weighted by molar-refractivity contribution is 5.87. The molecule has 0 saturated heterocycles. The summed E-state index contributed by atoms with van der Waals surface area (Å²) in [5, 5.41) is 8.72. The molecule has 2 nitrogen and oxygen atoms in total. The maximum atomic E-state index is 13.6. The Morgan fingerprint density at radius 1 is 1.50 bits per heavy atom. The summed E-state index contributed by atoms with van der Waals surface area (Å²) in [6.45, 7) is 0. The van der Waals surface area contributed by atoms with Gasteiger partial charge in [0.15, 0.2) is 0 Å². The van der Waals surface area contributed by atoms with E-state index in [0.717, 1.165) is 12.8 Å². The summed E-state index contributed by atoms with van der Waals surface area (Å²) in [5.41, 5.74) is 0.651. The van der Waals surface area contributed by atoms with Gasteiger partial charge in [0.2, 0.25) is 0 Å². The van der Waals surface area contributed by atoms with Crippen molar-refractivity contribution in [1.82, 2.24) is 0 Å². The van der Waals surface area contributed by atoms with Crippen LogP contribution in [0.5, 0.6) is 0 Å². The van der Waals surface area contributed by atoms with Crippen LogP contribution in [0.1, 0.15) is 34.9 Å². The van der Waals surface area contributed by atoms with E-state index in [9.17, 15) is 9.18 Å². The molecule has 1 aliphatic carbocycles. The Balaban J connectivity index is 2.24. The van der Waals surface area contributed by atoms with Gasteiger partial charge in [0.05, 0.1) is 5.56 Å². The Morgan fingerprint density at radius 3 is 2.79 bits per heavy atom. The van der Waals surface area contributed by atoms with Crippen molar-refractivity contribution in [3.8, 4) is 0 Å². The predicted molar refractivity (Wildman–Crippen MR) is 50.0 cm³/mol. The van der Waals surface area contributed by atoms with Gasteiger partial charge >= 0.3 is 5.97 Å². The average Bonchev–Trinajstić information content (AvgIpc) is 3.00. The molecule has 14 heavy (non-hydrogen) atoms. The van der Waals surface area contributed by atoms with E-state index in [1.165, 1.54) is 12.1 Å². The van der Waals surface area contributed by atoms with Gasteiger partial charge in [-0.15, -0.1) is 0 Å². The molecule has 1 aliphatic rings. The van der Waals surface area contributed by atoms with Crippen molar-refractivity contribution in [3.05, 3.63) is 35.4 Å². The molecule has 0 amide bonds. The molecule has 1 aromatic carbocycles. The van der Waals surface area contributed by atoms with E-state index in [1.54, 1.807) is 12.1 Å². The summed E-state index contributed by atoms with van der Waals surface area (Å²) in [4.78, 5) is 10.6. The lowest BCUT2D eigenvalue weighted by atomic mass is 10.0. The predicted octanol–water partition coefficient (Wildman–Crippen LogP) is 2.81. The van der Waals surface area contributed by atoms with Crippen molar-refractivity contribution in [1.29, 1.82) is 0 Å². The number of hydrogen-bond acceptors (Lipinski definition) is 1. The molecule has 3 heteroatoms. The van der Waals surface area contributed by atoms with E-state index in [1.807, 2.05) is 0 Å². The first-order valence-corrected chi connectivity index (χ1v) is 4.66. The fraction of sp³-hybridized carbons (Fsp3) is 0.364. The zero-order valence-electron chi connectivity index (χ0n) is 7.61. The third-order valence-electron chi connectivity index (χ3n) is 2.49. The number of carboxylic acid groups (broad SMARTS) is 1. The fourth-order valence-corrected chi connectivity index (χ4v) is 1.50. The van der Waals surface area contributed by atoms with Crippen molar-refractivity contribution >= 4 is 5.97 Å². The van der Waals surface area contributed by atoms with Crippen molar-refractivity contribution in [2.45, 2.75) is 19.0 Å². The molecule has 0 aromatic heterocycles. The van der Waals surface area contributed by atoms with E-state index < -0.39 is 12.1 Å². The number of carbonyl (C=O) groups is 1. The number of alkyl halides is 1. The summed E-state index contributed by atoms with van der Waals surface area (Å²) in [6, 6.07) is 6.14. The minimum atomic E-state index is -1.00. The Morgan fingerprint density at radius 2 is 2.21 bits per heavy atom. The van der Waals surface area contributed by atoms with Crippen molar-refractivity contribution in [2.24, 2.45) is 5.92 Å². The molecule has 0 heterocycles. The number of halogens is 1. The molecular weight excluding hydrogens is 183 g/mol. The van der Waals surface area contributed by atoms with Crippen LogP contribution in [-0.2, 0) is 0 Å². The van der Waals surface area contributed by atoms with Crippen LogP contribution in [0, 0.1) is 5.92 Å². The largest absolute Gasteiger partial charge is 0.478 e. The van der Waals surface area contributed by atoms with Crippen LogP contribution in [0.3, 0.4) is 0 Å². The molecule has 0 radical (unpaired) electrons. The summed E-state index contributed by atoms with van der Waals surface area (Å²) >= 11 is 0. The number of rotatable bonds is 3. The SMILES string of the molecule is O=C(O)c1cccc(C(F)C2CC2)c1. The third-order valence-corrected chi connectivity index (χ3v) is 2.49. The summed E-state index contributed by atoms with van der Waals surface area (Å²) < 4.78 is 13.6. The van der Waals surface area contributed by atoms with Gasteiger partial charge in [-0.05, 0) is 36.5 Å². The molecule has 74 valence electrons. The van der Waals surface area contributed by atoms with Gasteiger partial charge in [-0.2, -0.15) is 0 Å². The van der Waals surface area contributed by atoms with Gasteiger partial charge in [-0.1, -0.05) is 12.1 Å². The first kappa shape index (κ1) is 9.19. The second kappa shape index (κ2) is 3.40. The van der Waals surface area contributed by atoms with Crippen LogP contribution in [-0.4, -0.2) is 11.1 Å². The summed E-state index contributed by atoms with van der Waals surface area (Å²) in [6.07, 6.45) is 0.839. The van der Waals surface area contributed by atoms with Crippen LogP contribution in [0.4, 0.5) is 4.39 Å². The third kappa shape index (κ3) is 1.76. The maximum Gasteiger partial charge on any atom is 0.335 e. The molecule has 2 rings (SSSR count). The van der Waals surface area contributed by atoms with Crippen LogP contribution in [0.2, 0.25) is 0 Å². The second-order valence-corrected chi connectivity index (χ2v) is 3.67. The highest BCUT2D eigenvalue weighted by atomic mass is 19.1. The van der Waals surface area contributed by atoms with Crippen LogP contribution in [0.25, 0.3) is 0 Å². The maximum absolute atomic E-state index is 13.6. The normalized spacial score (nSPS) is 17.8. The lowest BCUT2D eigenvalue weighted by molar-refractivity contribution is 0.0696. The first-order chi connectivity index (χ1) is 6.68. The summed E-state index contributed by atoms with van der Waals surface area (Å²) in [5.74, 6) is -0.895. The van der Waals surface area contributed by atoms with Crippen LogP contribution < -0.4 is 0 Å². The molecule has 1 aromatic rings. The lowest BCUT2D eigenvalue weighted by Gasteiger charge is -2.06. The fourth-order valence-electron chi connectivity index (χ4n) is 1.50. The van der Waals surface area contributed by atoms with E-state index in [-0.39, 0.29) is 11.5 Å². The number of hydrogen-bond donors (Lipinski definition) is 1. The second-order valence-electron chi connectivity index (χ2n) is 3.67. The van der Waals surface area contributed by atoms with Crippen molar-refractivity contribution < 1.29 is 14.3 Å². The van der Waals surface area contributed by atoms with E-state index in [4.69, 9.17) is 5.11 Å². The zero-order chi connectivity index (χ0) is 10.1. The van der Waals surface area contributed by atoms with Crippen LogP contribution >= 0.6 is 0 Å². The quantitative estimate of drug-likeness (QED) is 0.803. The topological polar surface area (TPSA) is 37.3 Å². The Bertz CT molecular complexity index is 358. The van der Waals surface area contributed by atoms with Gasteiger partial charge in [0.1, 0.15) is 6.17 Å². The molecule has 0 bridgehead atoms. The number of aromatic carboxylic acids is 1. The summed E-state index contributed by atoms with van der Waals surface area (Å²) in [7, 11) is 0. The number of carboxylic acids is 1. The molecule has 1 saturated carbocycles. The van der Waals surface area contributed by atoms with Crippen LogP contribution in [0.15, 0.2) is 24.3 Å². The lowest BCUT2D eigenvalue weighted by Crippen LogP contribution is -1.99. The monoisotopic (exact) mass is 194 g/mol. The van der Waals surface area contributed by atoms with Gasteiger partial charge in [0.25, 0.3) is 0 Å². The van der Waals surface area contributed by atoms with E-state index in [0.29, 0.717) is 5.56 Å². The van der Waals surface area contributed by atoms with Gasteiger partial charge in [0, 0.05) is 0 Å². The Kier molecular flexibility index (Phi) is 2.23. The minimum Gasteiger partial charge on any atom is -0.478 e. The highest BCUT2D eigenvalue weighted by Gasteiger charge is 2.32. The van der Waals surface area contributed by atoms with Crippen molar-refractivity contribution in [2.75, 3.05) is 0 Å². The molecule has 1 N–H and O–H groups in total. The van der Waals surface area contributed by atoms with E-state index >= 15 is 0 Å². The number of benzene rings is 1. The average molecular weight is 194 g/mol. The standard InChI is InChI=1S/C11H11FO2/c12-10(7-4-5-7)8-2-1-3-9(6-8)11(13)14/h1-3,6-7,10H,4-5H2,(H,13,14). The van der Waals surface area contributed by atoms with E-state index in [2.05, 4.69) is 0 Å². The minimum absolute atomic E-state index is 0.110. The Hall–Kier alpha value is -1.38. The first-order valence-electron chi connectivity index (χ1n) is 4.66. The molecule has 1 fully saturated rings. The molecule has 1 atom stereocenters. The van der Waals surface area contributed by atoms with Gasteiger partial charge < -0.3 is 5.11 Å². The van der Waals surface area contributed by atoms with Crippen molar-refractivity contribution in [3.63, 3.8) is 0 Å².